The lowest BCUT2D eigenvalue weighted by Gasteiger charge is -2.26. The minimum Gasteiger partial charge on any atom is -0.313 e. The molecule has 2 aliphatic carbocycles. The van der Waals surface area contributed by atoms with Gasteiger partial charge in [-0.05, 0) is 131 Å². The summed E-state index contributed by atoms with van der Waals surface area (Å²) in [4.78, 5) is 6.55. The lowest BCUT2D eigenvalue weighted by atomic mass is 9.84. The second-order valence-corrected chi connectivity index (χ2v) is 20.9. The maximum Gasteiger partial charge on any atom is 0.0497 e. The van der Waals surface area contributed by atoms with Crippen molar-refractivity contribution in [1.82, 2.24) is 0 Å². The van der Waals surface area contributed by atoms with Gasteiger partial charge >= 0.3 is 0 Å². The molecule has 60 heavy (non-hydrogen) atoms. The van der Waals surface area contributed by atoms with Crippen molar-refractivity contribution in [2.24, 2.45) is 0 Å². The molecule has 9 aromatic rings. The number of para-hydroxylation sites is 1. The molecule has 5 heteroatoms. The summed E-state index contributed by atoms with van der Waals surface area (Å²) in [5.74, 6) is 0.760. The normalized spacial score (nSPS) is 18.9. The van der Waals surface area contributed by atoms with Crippen LogP contribution in [0.5, 0.6) is 0 Å². The highest BCUT2D eigenvalue weighted by molar-refractivity contribution is 8.01. The average Bonchev–Trinajstić information content (AvgIpc) is 4.05. The minimum absolute atomic E-state index is 0.261. The van der Waals surface area contributed by atoms with Crippen LogP contribution in [0.2, 0.25) is 0 Å². The van der Waals surface area contributed by atoms with Gasteiger partial charge in [-0.15, -0.1) is 34.4 Å². The van der Waals surface area contributed by atoms with Crippen LogP contribution >= 0.6 is 46.2 Å². The Balaban J connectivity index is 0.844. The third-order valence-electron chi connectivity index (χ3n) is 12.9. The van der Waals surface area contributed by atoms with Crippen molar-refractivity contribution in [1.29, 1.82) is 0 Å². The summed E-state index contributed by atoms with van der Waals surface area (Å²) in [7, 11) is 0. The summed E-state index contributed by atoms with van der Waals surface area (Å²) in [6, 6.07) is 52.9. The van der Waals surface area contributed by atoms with E-state index in [9.17, 15) is 0 Å². The zero-order valence-electron chi connectivity index (χ0n) is 32.8. The van der Waals surface area contributed by atoms with Crippen LogP contribution in [0.25, 0.3) is 57.0 Å². The van der Waals surface area contributed by atoms with Gasteiger partial charge < -0.3 is 4.90 Å². The van der Waals surface area contributed by atoms with Crippen LogP contribution in [0.4, 0.5) is 11.4 Å². The molecule has 3 atom stereocenters. The third-order valence-corrected chi connectivity index (χ3v) is 17.7. The van der Waals surface area contributed by atoms with Crippen LogP contribution < -0.4 is 4.90 Å². The lowest BCUT2D eigenvalue weighted by Crippen LogP contribution is -2.15. The number of rotatable bonds is 5. The number of benzene rings is 7. The molecule has 2 aromatic heterocycles. The van der Waals surface area contributed by atoms with Gasteiger partial charge in [-0.2, -0.15) is 0 Å². The number of hydrogen-bond acceptors (Lipinski definition) is 5. The molecule has 1 nitrogen and oxygen atoms in total. The van der Waals surface area contributed by atoms with Gasteiger partial charge in [-0.3, -0.25) is 0 Å². The number of thioether (sulfide) groups is 1. The van der Waals surface area contributed by atoms with Crippen molar-refractivity contribution in [3.8, 4) is 11.1 Å². The summed E-state index contributed by atoms with van der Waals surface area (Å²) < 4.78 is 5.43. The van der Waals surface area contributed by atoms with E-state index in [0.717, 1.165) is 6.42 Å². The maximum atomic E-state index is 2.49. The molecule has 0 saturated heterocycles. The molecule has 0 fully saturated rings. The number of aryl methyl sites for hydroxylation is 1. The van der Waals surface area contributed by atoms with E-state index in [1.54, 1.807) is 0 Å². The average molecular weight is 840 g/mol. The first-order valence-corrected chi connectivity index (χ1v) is 24.1. The smallest absolute Gasteiger partial charge is 0.0497 e. The second-order valence-electron chi connectivity index (χ2n) is 16.4. The SMILES string of the molecule is Cc1cc2c(cc1Sc1ccc(C3=CC=C4C(C3)c3cc(-c5ccc6sc7ccc8sc9ccccc9c8c7c6c5)ccc3N4c3ccccc3)cc1)SC1C=CC=CC21. The molecule has 3 unspecified atom stereocenters. The molecule has 4 heterocycles. The standard InChI is InChI=1S/C55H37NS4/c1-32-27-43-39-11-5-7-13-47(39)60-53(43)31-52(32)57-38-20-15-33(16-21-38)34-17-22-45-41(28-34)42-29-35(18-23-46(42)56(45)37-9-3-2-4-10-37)36-19-24-49-44(30-36)55-51(59-49)26-25-50-54(55)40-12-6-8-14-48(40)58-50/h2-27,29-31,39,41,47H,28H2,1H3. The van der Waals surface area contributed by atoms with Crippen LogP contribution in [0, 0.1) is 6.92 Å². The maximum absolute atomic E-state index is 2.49. The predicted molar refractivity (Wildman–Crippen MR) is 262 cm³/mol. The Labute approximate surface area is 366 Å². The van der Waals surface area contributed by atoms with Crippen molar-refractivity contribution >= 4 is 103 Å². The molecule has 0 saturated carbocycles. The van der Waals surface area contributed by atoms with Gasteiger partial charge in [0, 0.05) is 89.2 Å². The first-order valence-electron chi connectivity index (χ1n) is 20.7. The minimum atomic E-state index is 0.261. The monoisotopic (exact) mass is 839 g/mol. The van der Waals surface area contributed by atoms with Gasteiger partial charge in [-0.25, -0.2) is 0 Å². The Kier molecular flexibility index (Phi) is 8.06. The van der Waals surface area contributed by atoms with Gasteiger partial charge in [-0.1, -0.05) is 109 Å². The summed E-state index contributed by atoms with van der Waals surface area (Å²) >= 11 is 7.71. The molecular formula is C55H37NS4. The Morgan fingerprint density at radius 1 is 0.600 bits per heavy atom. The van der Waals surface area contributed by atoms with Crippen molar-refractivity contribution in [2.75, 3.05) is 4.90 Å². The highest BCUT2D eigenvalue weighted by Crippen LogP contribution is 2.55. The van der Waals surface area contributed by atoms with Gasteiger partial charge in [0.2, 0.25) is 0 Å². The summed E-state index contributed by atoms with van der Waals surface area (Å²) in [5, 5.41) is 6.04. The third kappa shape index (κ3) is 5.53. The molecule has 0 bridgehead atoms. The predicted octanol–water partition coefficient (Wildman–Crippen LogP) is 16.8. The fourth-order valence-electron chi connectivity index (χ4n) is 10.0. The molecule has 4 aliphatic rings. The largest absolute Gasteiger partial charge is 0.313 e. The van der Waals surface area contributed by atoms with Gasteiger partial charge in [0.15, 0.2) is 0 Å². The number of thiophene rings is 2. The summed E-state index contributed by atoms with van der Waals surface area (Å²) in [5.41, 5.74) is 13.3. The van der Waals surface area contributed by atoms with Crippen molar-refractivity contribution < 1.29 is 0 Å². The molecule has 0 radical (unpaired) electrons. The Bertz CT molecular complexity index is 3380. The second kappa shape index (κ2) is 13.7. The molecule has 0 N–H and O–H groups in total. The van der Waals surface area contributed by atoms with Gasteiger partial charge in [0.1, 0.15) is 0 Å². The topological polar surface area (TPSA) is 3.24 Å². The molecule has 7 aromatic carbocycles. The van der Waals surface area contributed by atoms with Gasteiger partial charge in [0.25, 0.3) is 0 Å². The number of allylic oxidation sites excluding steroid dienone is 7. The van der Waals surface area contributed by atoms with Crippen LogP contribution in [-0.2, 0) is 0 Å². The fraction of sp³-hybridized carbons (Fsp3) is 0.0909. The highest BCUT2D eigenvalue weighted by Gasteiger charge is 2.37. The molecule has 2 aliphatic heterocycles. The van der Waals surface area contributed by atoms with Crippen LogP contribution in [0.1, 0.15) is 40.5 Å². The summed E-state index contributed by atoms with van der Waals surface area (Å²) in [6.07, 6.45) is 14.8. The van der Waals surface area contributed by atoms with E-state index in [1.807, 2.05) is 46.2 Å². The summed E-state index contributed by atoms with van der Waals surface area (Å²) in [6.45, 7) is 2.27. The van der Waals surface area contributed by atoms with E-state index in [-0.39, 0.29) is 5.92 Å². The Morgan fingerprint density at radius 2 is 1.32 bits per heavy atom. The Morgan fingerprint density at radius 3 is 2.18 bits per heavy atom. The number of hydrogen-bond donors (Lipinski definition) is 0. The molecular weight excluding hydrogens is 803 g/mol. The zero-order valence-corrected chi connectivity index (χ0v) is 36.0. The Hall–Kier alpha value is -5.56. The van der Waals surface area contributed by atoms with Crippen molar-refractivity contribution in [3.05, 3.63) is 204 Å². The van der Waals surface area contributed by atoms with E-state index in [4.69, 9.17) is 0 Å². The first kappa shape index (κ1) is 35.2. The number of nitrogens with zero attached hydrogens (tertiary/aromatic N) is 1. The molecule has 0 amide bonds. The van der Waals surface area contributed by atoms with Crippen LogP contribution in [0.15, 0.2) is 196 Å². The molecule has 13 rings (SSSR count). The van der Waals surface area contributed by atoms with Crippen LogP contribution in [0.3, 0.4) is 0 Å². The number of anilines is 2. The van der Waals surface area contributed by atoms with Crippen LogP contribution in [-0.4, -0.2) is 5.25 Å². The highest BCUT2D eigenvalue weighted by atomic mass is 32.2. The van der Waals surface area contributed by atoms with E-state index in [0.29, 0.717) is 11.2 Å². The van der Waals surface area contributed by atoms with E-state index < -0.39 is 0 Å². The first-order chi connectivity index (χ1) is 29.6. The van der Waals surface area contributed by atoms with E-state index >= 15 is 0 Å². The van der Waals surface area contributed by atoms with Crippen molar-refractivity contribution in [2.45, 2.75) is 45.1 Å². The lowest BCUT2D eigenvalue weighted by molar-refractivity contribution is 0.832. The van der Waals surface area contributed by atoms with Crippen molar-refractivity contribution in [3.63, 3.8) is 0 Å². The quantitative estimate of drug-likeness (QED) is 0.170. The molecule has 286 valence electrons. The molecule has 0 spiro atoms. The fourth-order valence-corrected chi connectivity index (χ4v) is 14.6. The zero-order chi connectivity index (χ0) is 39.5. The number of fused-ring (bicyclic) bond motifs is 13. The van der Waals surface area contributed by atoms with Gasteiger partial charge in [0.05, 0.1) is 0 Å². The van der Waals surface area contributed by atoms with E-state index in [2.05, 4.69) is 188 Å². The van der Waals surface area contributed by atoms with E-state index in [1.165, 1.54) is 111 Å².